The van der Waals surface area contributed by atoms with E-state index in [4.69, 9.17) is 4.98 Å². The Balaban J connectivity index is 1.91. The average molecular weight is 260 g/mol. The lowest BCUT2D eigenvalue weighted by atomic mass is 10.1. The van der Waals surface area contributed by atoms with Gasteiger partial charge in [-0.3, -0.25) is 0 Å². The third kappa shape index (κ3) is 1.76. The molecule has 98 valence electrons. The molecule has 0 spiro atoms. The maximum absolute atomic E-state index is 4.94. The Kier molecular flexibility index (Phi) is 2.66. The highest BCUT2D eigenvalue weighted by molar-refractivity contribution is 5.68. The summed E-state index contributed by atoms with van der Waals surface area (Å²) in [5.41, 5.74) is 4.97. The van der Waals surface area contributed by atoms with Crippen LogP contribution in [0.4, 0.5) is 0 Å². The van der Waals surface area contributed by atoms with Crippen LogP contribution >= 0.6 is 0 Å². The van der Waals surface area contributed by atoms with Gasteiger partial charge in [0.15, 0.2) is 0 Å². The lowest BCUT2D eigenvalue weighted by Gasteiger charge is -2.03. The number of benzene rings is 2. The van der Waals surface area contributed by atoms with Crippen LogP contribution in [0.15, 0.2) is 60.7 Å². The first-order chi connectivity index (χ1) is 9.93. The second-order valence-electron chi connectivity index (χ2n) is 5.22. The first-order valence-corrected chi connectivity index (χ1v) is 7.14. The molecule has 0 amide bonds. The van der Waals surface area contributed by atoms with E-state index in [9.17, 15) is 0 Å². The fourth-order valence-electron chi connectivity index (χ4n) is 3.02. The Hall–Kier alpha value is -2.35. The van der Waals surface area contributed by atoms with Crippen molar-refractivity contribution in [1.82, 2.24) is 9.55 Å². The molecule has 0 atom stereocenters. The van der Waals surface area contributed by atoms with Gasteiger partial charge in [0.05, 0.1) is 5.69 Å². The van der Waals surface area contributed by atoms with Gasteiger partial charge >= 0.3 is 0 Å². The predicted octanol–water partition coefficient (Wildman–Crippen LogP) is 4.16. The normalized spacial score (nSPS) is 13.4. The number of aromatic nitrogens is 2. The van der Waals surface area contributed by atoms with E-state index in [2.05, 4.69) is 65.2 Å². The van der Waals surface area contributed by atoms with Crippen molar-refractivity contribution in [3.63, 3.8) is 0 Å². The average Bonchev–Trinajstić information content (AvgIpc) is 3.11. The van der Waals surface area contributed by atoms with Crippen molar-refractivity contribution in [2.45, 2.75) is 19.4 Å². The van der Waals surface area contributed by atoms with Gasteiger partial charge in [0.2, 0.25) is 0 Å². The molecule has 1 aliphatic rings. The summed E-state index contributed by atoms with van der Waals surface area (Å²) in [6.45, 7) is 1.08. The second-order valence-corrected chi connectivity index (χ2v) is 5.22. The number of nitrogens with zero attached hydrogens (tertiary/aromatic N) is 2. The third-order valence-corrected chi connectivity index (χ3v) is 3.95. The van der Waals surface area contributed by atoms with E-state index in [1.165, 1.54) is 23.2 Å². The number of fused-ring (bicyclic) bond motifs is 1. The van der Waals surface area contributed by atoms with Crippen molar-refractivity contribution < 1.29 is 0 Å². The van der Waals surface area contributed by atoms with Crippen LogP contribution in [0.2, 0.25) is 0 Å². The van der Waals surface area contributed by atoms with Crippen LogP contribution in [0.3, 0.4) is 0 Å². The van der Waals surface area contributed by atoms with E-state index in [1.54, 1.807) is 0 Å². The molecule has 0 aliphatic carbocycles. The Bertz CT molecular complexity index is 665. The fraction of sp³-hybridized carbons (Fsp3) is 0.167. The number of hydrogen-bond donors (Lipinski definition) is 0. The highest BCUT2D eigenvalue weighted by Gasteiger charge is 2.22. The molecule has 2 aromatic carbocycles. The van der Waals surface area contributed by atoms with Crippen molar-refractivity contribution in [3.05, 3.63) is 66.4 Å². The minimum absolute atomic E-state index is 1.08. The predicted molar refractivity (Wildman–Crippen MR) is 81.4 cm³/mol. The first-order valence-electron chi connectivity index (χ1n) is 7.14. The fourth-order valence-corrected chi connectivity index (χ4v) is 3.02. The molecule has 1 aliphatic heterocycles. The van der Waals surface area contributed by atoms with Gasteiger partial charge in [0, 0.05) is 23.4 Å². The van der Waals surface area contributed by atoms with Gasteiger partial charge in [-0.05, 0) is 12.8 Å². The molecule has 2 heterocycles. The van der Waals surface area contributed by atoms with Crippen molar-refractivity contribution in [1.29, 1.82) is 0 Å². The van der Waals surface area contributed by atoms with Crippen LogP contribution in [0.25, 0.3) is 22.6 Å². The van der Waals surface area contributed by atoms with Gasteiger partial charge in [0.25, 0.3) is 0 Å². The standard InChI is InChI=1S/C18H16N2/c1-3-8-14(9-4-1)17-16-12-7-13-20(16)18(19-17)15-10-5-2-6-11-15/h1-6,8-11H,7,12-13H2. The van der Waals surface area contributed by atoms with E-state index in [0.717, 1.165) is 24.5 Å². The monoisotopic (exact) mass is 260 g/mol. The molecular weight excluding hydrogens is 244 g/mol. The number of imidazole rings is 1. The Morgan fingerprint density at radius 3 is 2.15 bits per heavy atom. The van der Waals surface area contributed by atoms with Gasteiger partial charge in [0.1, 0.15) is 5.82 Å². The van der Waals surface area contributed by atoms with Crippen molar-refractivity contribution in [3.8, 4) is 22.6 Å². The van der Waals surface area contributed by atoms with Gasteiger partial charge in [-0.1, -0.05) is 60.7 Å². The maximum Gasteiger partial charge on any atom is 0.140 e. The molecule has 0 saturated heterocycles. The van der Waals surface area contributed by atoms with Crippen LogP contribution in [-0.2, 0) is 13.0 Å². The van der Waals surface area contributed by atoms with E-state index in [0.29, 0.717) is 0 Å². The topological polar surface area (TPSA) is 17.8 Å². The minimum atomic E-state index is 1.08. The van der Waals surface area contributed by atoms with Crippen LogP contribution in [-0.4, -0.2) is 9.55 Å². The minimum Gasteiger partial charge on any atom is -0.327 e. The Morgan fingerprint density at radius 1 is 0.800 bits per heavy atom. The molecule has 4 rings (SSSR count). The summed E-state index contributed by atoms with van der Waals surface area (Å²) >= 11 is 0. The summed E-state index contributed by atoms with van der Waals surface area (Å²) in [6, 6.07) is 21.0. The lowest BCUT2D eigenvalue weighted by Crippen LogP contribution is -1.95. The van der Waals surface area contributed by atoms with Crippen molar-refractivity contribution in [2.24, 2.45) is 0 Å². The molecule has 0 saturated carbocycles. The zero-order chi connectivity index (χ0) is 13.4. The summed E-state index contributed by atoms with van der Waals surface area (Å²) < 4.78 is 2.39. The Morgan fingerprint density at radius 2 is 1.45 bits per heavy atom. The van der Waals surface area contributed by atoms with E-state index >= 15 is 0 Å². The summed E-state index contributed by atoms with van der Waals surface area (Å²) in [5.74, 6) is 1.11. The SMILES string of the molecule is c1ccc(-c2nc(-c3ccccc3)n3c2CCC3)cc1. The quantitative estimate of drug-likeness (QED) is 0.676. The van der Waals surface area contributed by atoms with E-state index < -0.39 is 0 Å². The zero-order valence-corrected chi connectivity index (χ0v) is 11.3. The van der Waals surface area contributed by atoms with Gasteiger partial charge < -0.3 is 4.57 Å². The van der Waals surface area contributed by atoms with Gasteiger partial charge in [-0.25, -0.2) is 4.98 Å². The third-order valence-electron chi connectivity index (χ3n) is 3.95. The summed E-state index contributed by atoms with van der Waals surface area (Å²) in [5, 5.41) is 0. The molecule has 2 nitrogen and oxygen atoms in total. The van der Waals surface area contributed by atoms with Crippen LogP contribution in [0.1, 0.15) is 12.1 Å². The molecule has 0 unspecified atom stereocenters. The van der Waals surface area contributed by atoms with Crippen molar-refractivity contribution in [2.75, 3.05) is 0 Å². The highest BCUT2D eigenvalue weighted by Crippen LogP contribution is 2.33. The molecule has 0 N–H and O–H groups in total. The lowest BCUT2D eigenvalue weighted by molar-refractivity contribution is 0.749. The molecular formula is C18H16N2. The van der Waals surface area contributed by atoms with Crippen LogP contribution in [0.5, 0.6) is 0 Å². The van der Waals surface area contributed by atoms with Gasteiger partial charge in [-0.2, -0.15) is 0 Å². The largest absolute Gasteiger partial charge is 0.327 e. The van der Waals surface area contributed by atoms with E-state index in [-0.39, 0.29) is 0 Å². The van der Waals surface area contributed by atoms with Crippen molar-refractivity contribution >= 4 is 0 Å². The summed E-state index contributed by atoms with van der Waals surface area (Å²) in [6.07, 6.45) is 2.35. The zero-order valence-electron chi connectivity index (χ0n) is 11.3. The molecule has 0 radical (unpaired) electrons. The number of rotatable bonds is 2. The molecule has 3 aromatic rings. The summed E-state index contributed by atoms with van der Waals surface area (Å²) in [7, 11) is 0. The second kappa shape index (κ2) is 4.64. The van der Waals surface area contributed by atoms with Crippen LogP contribution < -0.4 is 0 Å². The van der Waals surface area contributed by atoms with Crippen LogP contribution in [0, 0.1) is 0 Å². The Labute approximate surface area is 118 Å². The summed E-state index contributed by atoms with van der Waals surface area (Å²) in [4.78, 5) is 4.94. The molecule has 0 fully saturated rings. The molecule has 1 aromatic heterocycles. The van der Waals surface area contributed by atoms with Gasteiger partial charge in [-0.15, -0.1) is 0 Å². The molecule has 0 bridgehead atoms. The van der Waals surface area contributed by atoms with E-state index in [1.807, 2.05) is 0 Å². The number of hydrogen-bond acceptors (Lipinski definition) is 1. The first kappa shape index (κ1) is 11.5. The molecule has 20 heavy (non-hydrogen) atoms. The smallest absolute Gasteiger partial charge is 0.140 e. The molecule has 2 heteroatoms. The highest BCUT2D eigenvalue weighted by atomic mass is 15.1. The maximum atomic E-state index is 4.94.